The molecule has 31 heavy (non-hydrogen) atoms. The number of aliphatic imine (C=N–C) groups is 1. The van der Waals surface area contributed by atoms with E-state index >= 15 is 0 Å². The first kappa shape index (κ1) is 18.1. The quantitative estimate of drug-likeness (QED) is 0.488. The lowest BCUT2D eigenvalue weighted by Crippen LogP contribution is -2.15. The summed E-state index contributed by atoms with van der Waals surface area (Å²) in [5, 5.41) is 0. The smallest absolute Gasteiger partial charge is 0.147 e. The fourth-order valence-electron chi connectivity index (χ4n) is 4.65. The summed E-state index contributed by atoms with van der Waals surface area (Å²) in [5.74, 6) is 3.19. The number of allylic oxidation sites excluding steroid dienone is 1. The number of benzene rings is 2. The van der Waals surface area contributed by atoms with Crippen molar-refractivity contribution in [3.8, 4) is 11.4 Å². The Labute approximate surface area is 180 Å². The molecule has 3 heterocycles. The SMILES string of the molecule is Cc1ncc(C23C=CN=CC2C3)n1-c1ccc(OCc2nc3ccccc3n2C)cc1. The lowest BCUT2D eigenvalue weighted by Gasteiger charge is -2.18. The Bertz CT molecular complexity index is 1340. The van der Waals surface area contributed by atoms with E-state index in [2.05, 4.69) is 54.6 Å². The van der Waals surface area contributed by atoms with Crippen molar-refractivity contribution in [2.75, 3.05) is 0 Å². The molecular formula is C25H23N5O. The number of imidazole rings is 2. The molecule has 0 saturated heterocycles. The van der Waals surface area contributed by atoms with Crippen LogP contribution in [0, 0.1) is 12.8 Å². The normalized spacial score (nSPS) is 21.4. The van der Waals surface area contributed by atoms with Gasteiger partial charge in [-0.2, -0.15) is 0 Å². The molecule has 6 nitrogen and oxygen atoms in total. The van der Waals surface area contributed by atoms with Crippen LogP contribution in [0.1, 0.15) is 23.8 Å². The summed E-state index contributed by atoms with van der Waals surface area (Å²) in [7, 11) is 2.02. The number of hydrogen-bond acceptors (Lipinski definition) is 4. The molecule has 0 spiro atoms. The van der Waals surface area contributed by atoms with E-state index in [4.69, 9.17) is 4.74 Å². The third-order valence-corrected chi connectivity index (χ3v) is 6.54. The van der Waals surface area contributed by atoms with E-state index in [1.165, 1.54) is 5.69 Å². The maximum absolute atomic E-state index is 6.04. The van der Waals surface area contributed by atoms with Crippen molar-refractivity contribution in [2.45, 2.75) is 25.4 Å². The predicted molar refractivity (Wildman–Crippen MR) is 121 cm³/mol. The number of rotatable bonds is 5. The van der Waals surface area contributed by atoms with Gasteiger partial charge >= 0.3 is 0 Å². The zero-order valence-corrected chi connectivity index (χ0v) is 17.6. The molecule has 6 heteroatoms. The van der Waals surface area contributed by atoms with Crippen LogP contribution < -0.4 is 4.74 Å². The van der Waals surface area contributed by atoms with Gasteiger partial charge in [0, 0.05) is 42.7 Å². The van der Waals surface area contributed by atoms with Crippen molar-refractivity contribution in [1.29, 1.82) is 0 Å². The molecule has 2 unspecified atom stereocenters. The minimum Gasteiger partial charge on any atom is -0.486 e. The molecule has 1 aliphatic carbocycles. The molecule has 2 aromatic carbocycles. The van der Waals surface area contributed by atoms with Crippen molar-refractivity contribution >= 4 is 17.2 Å². The largest absolute Gasteiger partial charge is 0.486 e. The molecule has 4 aromatic rings. The second-order valence-electron chi connectivity index (χ2n) is 8.35. The predicted octanol–water partition coefficient (Wildman–Crippen LogP) is 4.50. The Morgan fingerprint density at radius 3 is 2.77 bits per heavy atom. The van der Waals surface area contributed by atoms with Crippen LogP contribution in [0.15, 0.2) is 72.0 Å². The van der Waals surface area contributed by atoms with E-state index in [0.717, 1.165) is 40.5 Å². The molecule has 154 valence electrons. The number of aryl methyl sites for hydroxylation is 2. The van der Waals surface area contributed by atoms with Crippen LogP contribution in [-0.2, 0) is 19.1 Å². The van der Waals surface area contributed by atoms with Gasteiger partial charge in [-0.1, -0.05) is 18.2 Å². The van der Waals surface area contributed by atoms with Crippen molar-refractivity contribution in [3.05, 3.63) is 84.3 Å². The second kappa shape index (κ2) is 6.67. The number of para-hydroxylation sites is 2. The molecule has 2 aliphatic rings. The van der Waals surface area contributed by atoms with Gasteiger partial charge in [-0.3, -0.25) is 4.99 Å². The maximum Gasteiger partial charge on any atom is 0.147 e. The summed E-state index contributed by atoms with van der Waals surface area (Å²) in [5.41, 5.74) is 4.46. The lowest BCUT2D eigenvalue weighted by atomic mass is 9.98. The highest BCUT2D eigenvalue weighted by atomic mass is 16.5. The van der Waals surface area contributed by atoms with Crippen LogP contribution in [-0.4, -0.2) is 25.3 Å². The van der Waals surface area contributed by atoms with Gasteiger partial charge < -0.3 is 13.9 Å². The maximum atomic E-state index is 6.04. The standard InChI is InChI=1S/C25H23N5O/c1-17-27-15-23(25-11-12-26-14-18(25)13-25)30(17)19-7-9-20(10-8-19)31-16-24-28-21-5-3-4-6-22(21)29(24)2/h3-12,14-15,18H,13,16H2,1-2H3. The molecule has 1 saturated carbocycles. The summed E-state index contributed by atoms with van der Waals surface area (Å²) in [6, 6.07) is 16.3. The Morgan fingerprint density at radius 2 is 1.97 bits per heavy atom. The first-order valence-electron chi connectivity index (χ1n) is 10.6. The van der Waals surface area contributed by atoms with E-state index in [1.807, 2.05) is 56.7 Å². The first-order valence-corrected chi connectivity index (χ1v) is 10.6. The van der Waals surface area contributed by atoms with Gasteiger partial charge in [0.2, 0.25) is 0 Å². The lowest BCUT2D eigenvalue weighted by molar-refractivity contribution is 0.292. The van der Waals surface area contributed by atoms with Crippen LogP contribution in [0.2, 0.25) is 0 Å². The van der Waals surface area contributed by atoms with Crippen LogP contribution >= 0.6 is 0 Å². The number of ether oxygens (including phenoxy) is 1. The van der Waals surface area contributed by atoms with Gasteiger partial charge in [-0.15, -0.1) is 0 Å². The Kier molecular flexibility index (Phi) is 3.90. The fraction of sp³-hybridized carbons (Fsp3) is 0.240. The van der Waals surface area contributed by atoms with Gasteiger partial charge in [0.05, 0.1) is 16.7 Å². The van der Waals surface area contributed by atoms with E-state index < -0.39 is 0 Å². The van der Waals surface area contributed by atoms with Crippen molar-refractivity contribution in [1.82, 2.24) is 19.1 Å². The Hall–Kier alpha value is -3.67. The Morgan fingerprint density at radius 1 is 1.13 bits per heavy atom. The minimum atomic E-state index is 0.0401. The highest BCUT2D eigenvalue weighted by Gasteiger charge is 2.55. The first-order chi connectivity index (χ1) is 15.2. The van der Waals surface area contributed by atoms with Gasteiger partial charge in [0.1, 0.15) is 24.0 Å². The molecule has 0 amide bonds. The summed E-state index contributed by atoms with van der Waals surface area (Å²) >= 11 is 0. The molecule has 1 fully saturated rings. The van der Waals surface area contributed by atoms with Gasteiger partial charge in [0.25, 0.3) is 0 Å². The van der Waals surface area contributed by atoms with E-state index in [-0.39, 0.29) is 5.41 Å². The third-order valence-electron chi connectivity index (χ3n) is 6.54. The van der Waals surface area contributed by atoms with Gasteiger partial charge in [-0.05, 0) is 49.7 Å². The van der Waals surface area contributed by atoms with E-state index in [1.54, 1.807) is 0 Å². The van der Waals surface area contributed by atoms with E-state index in [9.17, 15) is 0 Å². The minimum absolute atomic E-state index is 0.0401. The molecule has 2 aromatic heterocycles. The summed E-state index contributed by atoms with van der Waals surface area (Å²) in [6.07, 6.45) is 9.30. The number of nitrogens with zero attached hydrogens (tertiary/aromatic N) is 5. The fourth-order valence-corrected chi connectivity index (χ4v) is 4.65. The molecule has 1 aliphatic heterocycles. The third kappa shape index (κ3) is 2.82. The average Bonchev–Trinajstić information content (AvgIpc) is 3.30. The Balaban J connectivity index is 1.24. The topological polar surface area (TPSA) is 57.2 Å². The molecular weight excluding hydrogens is 386 g/mol. The number of hydrogen-bond donors (Lipinski definition) is 0. The highest BCUT2D eigenvalue weighted by molar-refractivity contribution is 5.75. The summed E-state index contributed by atoms with van der Waals surface area (Å²) in [6.45, 7) is 2.48. The molecule has 6 rings (SSSR count). The van der Waals surface area contributed by atoms with Crippen molar-refractivity contribution in [2.24, 2.45) is 18.0 Å². The van der Waals surface area contributed by atoms with Crippen LogP contribution in [0.25, 0.3) is 16.7 Å². The molecule has 0 bridgehead atoms. The zero-order chi connectivity index (χ0) is 21.0. The van der Waals surface area contributed by atoms with Gasteiger partial charge in [0.15, 0.2) is 0 Å². The highest BCUT2D eigenvalue weighted by Crippen LogP contribution is 2.56. The van der Waals surface area contributed by atoms with Crippen LogP contribution in [0.3, 0.4) is 0 Å². The summed E-state index contributed by atoms with van der Waals surface area (Å²) < 4.78 is 10.4. The number of aromatic nitrogens is 4. The summed E-state index contributed by atoms with van der Waals surface area (Å²) in [4.78, 5) is 13.6. The molecule has 0 N–H and O–H groups in total. The zero-order valence-electron chi connectivity index (χ0n) is 17.6. The van der Waals surface area contributed by atoms with Crippen LogP contribution in [0.5, 0.6) is 5.75 Å². The number of fused-ring (bicyclic) bond motifs is 2. The van der Waals surface area contributed by atoms with Gasteiger partial charge in [-0.25, -0.2) is 9.97 Å². The van der Waals surface area contributed by atoms with E-state index in [0.29, 0.717) is 12.5 Å². The monoisotopic (exact) mass is 409 g/mol. The van der Waals surface area contributed by atoms with Crippen LogP contribution in [0.4, 0.5) is 0 Å². The molecule has 0 radical (unpaired) electrons. The van der Waals surface area contributed by atoms with Crippen molar-refractivity contribution in [3.63, 3.8) is 0 Å². The van der Waals surface area contributed by atoms with Crippen molar-refractivity contribution < 1.29 is 4.74 Å². The average molecular weight is 409 g/mol. The second-order valence-corrected chi connectivity index (χ2v) is 8.35. The molecule has 2 atom stereocenters.